The Morgan fingerprint density at radius 3 is 1.26 bits per heavy atom. The van der Waals surface area contributed by atoms with Gasteiger partial charge >= 0.3 is 17.9 Å². The van der Waals surface area contributed by atoms with Crippen molar-refractivity contribution in [3.05, 3.63) is 0 Å². The first-order valence-corrected chi connectivity index (χ1v) is 24.4. The van der Waals surface area contributed by atoms with Gasteiger partial charge in [-0.15, -0.1) is 0 Å². The minimum absolute atomic E-state index is 0.0142. The van der Waals surface area contributed by atoms with Crippen LogP contribution in [0.1, 0.15) is 229 Å². The van der Waals surface area contributed by atoms with E-state index in [4.69, 9.17) is 14.2 Å². The molecule has 0 N–H and O–H groups in total. The topological polar surface area (TPSA) is 82.1 Å². The van der Waals surface area contributed by atoms with Gasteiger partial charge in [-0.1, -0.05) is 146 Å². The fourth-order valence-electron chi connectivity index (χ4n) is 11.5. The number of unbranched alkanes of at least 4 members (excludes halogenated alkanes) is 8. The van der Waals surface area contributed by atoms with E-state index in [2.05, 4.69) is 67.2 Å². The SMILES string of the molecule is CCCCCC(CCCCC)CC(=O)OCC1(C)CC2(CC)CC(C)(COC(=O)CCCN(CC)CC)CC(COC(=O)CC(CCCCC)CCCCC)(C1)C2. The number of nitrogens with zero attached hydrogens (tertiary/aromatic N) is 1. The summed E-state index contributed by atoms with van der Waals surface area (Å²) in [7, 11) is 0. The molecule has 57 heavy (non-hydrogen) atoms. The van der Waals surface area contributed by atoms with Gasteiger partial charge in [-0.3, -0.25) is 14.4 Å². The molecule has 2 bridgehead atoms. The zero-order valence-electron chi connectivity index (χ0n) is 39.2. The van der Waals surface area contributed by atoms with Gasteiger partial charge in [-0.25, -0.2) is 0 Å². The highest BCUT2D eigenvalue weighted by molar-refractivity contribution is 5.70. The van der Waals surface area contributed by atoms with Crippen LogP contribution in [0, 0.1) is 33.5 Å². The second-order valence-corrected chi connectivity index (χ2v) is 20.1. The van der Waals surface area contributed by atoms with Crippen LogP contribution in [-0.4, -0.2) is 62.3 Å². The fourth-order valence-corrected chi connectivity index (χ4v) is 11.5. The van der Waals surface area contributed by atoms with Crippen LogP contribution in [-0.2, 0) is 28.6 Å². The molecule has 2 rings (SSSR count). The predicted octanol–water partition coefficient (Wildman–Crippen LogP) is 13.4. The lowest BCUT2D eigenvalue weighted by Crippen LogP contribution is -2.56. The summed E-state index contributed by atoms with van der Waals surface area (Å²) in [5, 5.41) is 0. The molecule has 0 spiro atoms. The number of esters is 3. The molecule has 0 amide bonds. The normalized spacial score (nSPS) is 24.6. The second-order valence-electron chi connectivity index (χ2n) is 20.1. The third kappa shape index (κ3) is 19.5. The standard InChI is InChI=1S/C50H93NO6/c1-10-17-21-26-42(27-22-18-11-2)32-45(53)56-40-48(9)35-49(14-5)34-47(8,39-55-44(52)30-25-31-51(15-6)16-7)36-50(37-48,38-49)41-57-46(54)33-43(28-23-19-12-3)29-24-20-13-4/h42-43H,10-41H2,1-9H3. The van der Waals surface area contributed by atoms with Crippen LogP contribution in [0.4, 0.5) is 0 Å². The molecule has 0 aromatic heterocycles. The molecule has 4 atom stereocenters. The number of ether oxygens (including phenoxy) is 3. The van der Waals surface area contributed by atoms with E-state index in [1.807, 2.05) is 0 Å². The molecule has 0 aromatic rings. The molecular weight excluding hydrogens is 711 g/mol. The van der Waals surface area contributed by atoms with Gasteiger partial charge in [0, 0.05) is 35.5 Å². The van der Waals surface area contributed by atoms with Gasteiger partial charge in [0.25, 0.3) is 0 Å². The van der Waals surface area contributed by atoms with Crippen molar-refractivity contribution < 1.29 is 28.6 Å². The molecule has 0 aromatic carbocycles. The Kier molecular flexibility index (Phi) is 24.6. The summed E-state index contributed by atoms with van der Waals surface area (Å²) in [5.74, 6) is 0.555. The minimum Gasteiger partial charge on any atom is -0.465 e. The fraction of sp³-hybridized carbons (Fsp3) is 0.940. The van der Waals surface area contributed by atoms with E-state index in [1.165, 1.54) is 77.0 Å². The summed E-state index contributed by atoms with van der Waals surface area (Å²) < 4.78 is 18.8. The van der Waals surface area contributed by atoms with Crippen molar-refractivity contribution in [2.24, 2.45) is 33.5 Å². The minimum atomic E-state index is -0.268. The van der Waals surface area contributed by atoms with Crippen LogP contribution in [0.15, 0.2) is 0 Å². The van der Waals surface area contributed by atoms with Crippen molar-refractivity contribution in [1.29, 1.82) is 0 Å². The number of rotatable bonds is 33. The van der Waals surface area contributed by atoms with Crippen molar-refractivity contribution in [3.63, 3.8) is 0 Å². The number of hydrogen-bond acceptors (Lipinski definition) is 7. The lowest BCUT2D eigenvalue weighted by molar-refractivity contribution is -0.185. The Morgan fingerprint density at radius 2 is 0.877 bits per heavy atom. The maximum Gasteiger partial charge on any atom is 0.306 e. The van der Waals surface area contributed by atoms with Gasteiger partial charge in [0.2, 0.25) is 0 Å². The average molecular weight is 804 g/mol. The van der Waals surface area contributed by atoms with Crippen LogP contribution >= 0.6 is 0 Å². The molecule has 7 heteroatoms. The zero-order chi connectivity index (χ0) is 42.2. The maximum absolute atomic E-state index is 13.7. The van der Waals surface area contributed by atoms with Crippen LogP contribution in [0.2, 0.25) is 0 Å². The molecule has 0 heterocycles. The lowest BCUT2D eigenvalue weighted by atomic mass is 9.43. The predicted molar refractivity (Wildman–Crippen MR) is 237 cm³/mol. The van der Waals surface area contributed by atoms with Crippen molar-refractivity contribution >= 4 is 17.9 Å². The number of carbonyl (C=O) groups excluding carboxylic acids is 3. The first-order valence-electron chi connectivity index (χ1n) is 24.4. The van der Waals surface area contributed by atoms with Gasteiger partial charge in [-0.2, -0.15) is 0 Å². The highest BCUT2D eigenvalue weighted by Gasteiger charge is 2.60. The Bertz CT molecular complexity index is 1100. The summed E-state index contributed by atoms with van der Waals surface area (Å²) in [6.45, 7) is 24.3. The van der Waals surface area contributed by atoms with Crippen molar-refractivity contribution in [2.75, 3.05) is 39.5 Å². The van der Waals surface area contributed by atoms with Crippen LogP contribution < -0.4 is 0 Å². The molecule has 2 saturated carbocycles. The van der Waals surface area contributed by atoms with Gasteiger partial charge < -0.3 is 19.1 Å². The van der Waals surface area contributed by atoms with Gasteiger partial charge in [0.1, 0.15) is 0 Å². The smallest absolute Gasteiger partial charge is 0.306 e. The molecule has 7 nitrogen and oxygen atoms in total. The third-order valence-electron chi connectivity index (χ3n) is 13.9. The van der Waals surface area contributed by atoms with Gasteiger partial charge in [-0.05, 0) is 101 Å². The number of fused-ring (bicyclic) bond motifs is 2. The maximum atomic E-state index is 13.7. The summed E-state index contributed by atoms with van der Waals surface area (Å²) in [4.78, 5) is 42.7. The lowest BCUT2D eigenvalue weighted by Gasteiger charge is -2.62. The van der Waals surface area contributed by atoms with Crippen LogP contribution in [0.25, 0.3) is 0 Å². The van der Waals surface area contributed by atoms with Crippen molar-refractivity contribution in [3.8, 4) is 0 Å². The van der Waals surface area contributed by atoms with E-state index in [1.54, 1.807) is 0 Å². The number of carbonyl (C=O) groups is 3. The van der Waals surface area contributed by atoms with Gasteiger partial charge in [0.05, 0.1) is 19.8 Å². The molecule has 4 unspecified atom stereocenters. The van der Waals surface area contributed by atoms with Crippen LogP contribution in [0.3, 0.4) is 0 Å². The van der Waals surface area contributed by atoms with E-state index < -0.39 is 0 Å². The quantitative estimate of drug-likeness (QED) is 0.0371. The van der Waals surface area contributed by atoms with Crippen molar-refractivity contribution in [1.82, 2.24) is 4.90 Å². The Labute approximate surface area is 352 Å². The molecular formula is C50H93NO6. The molecule has 2 fully saturated rings. The second kappa shape index (κ2) is 27.3. The van der Waals surface area contributed by atoms with Gasteiger partial charge in [0.15, 0.2) is 0 Å². The third-order valence-corrected chi connectivity index (χ3v) is 13.9. The molecule has 0 radical (unpaired) electrons. The number of hydrogen-bond donors (Lipinski definition) is 0. The van der Waals surface area contributed by atoms with Crippen LogP contribution in [0.5, 0.6) is 0 Å². The summed E-state index contributed by atoms with van der Waals surface area (Å²) in [6.07, 6.45) is 26.5. The highest BCUT2D eigenvalue weighted by atomic mass is 16.5. The molecule has 334 valence electrons. The molecule has 2 aliphatic rings. The Morgan fingerprint density at radius 1 is 0.491 bits per heavy atom. The molecule has 2 aliphatic carbocycles. The Hall–Kier alpha value is -1.63. The first kappa shape index (κ1) is 51.5. The van der Waals surface area contributed by atoms with E-state index in [0.717, 1.165) is 90.3 Å². The largest absolute Gasteiger partial charge is 0.465 e. The molecule has 0 saturated heterocycles. The van der Waals surface area contributed by atoms with E-state index in [9.17, 15) is 14.4 Å². The Balaban J connectivity index is 2.27. The molecule has 0 aliphatic heterocycles. The average Bonchev–Trinajstić information content (AvgIpc) is 3.17. The highest BCUT2D eigenvalue weighted by Crippen LogP contribution is 2.67. The summed E-state index contributed by atoms with van der Waals surface area (Å²) in [6, 6.07) is 0. The van der Waals surface area contributed by atoms with E-state index >= 15 is 0 Å². The monoisotopic (exact) mass is 804 g/mol. The summed E-state index contributed by atoms with van der Waals surface area (Å²) in [5.41, 5.74) is -0.725. The van der Waals surface area contributed by atoms with Crippen molar-refractivity contribution in [2.45, 2.75) is 229 Å². The zero-order valence-corrected chi connectivity index (χ0v) is 39.2. The first-order chi connectivity index (χ1) is 27.3. The van der Waals surface area contributed by atoms with E-state index in [-0.39, 0.29) is 39.6 Å². The van der Waals surface area contributed by atoms with E-state index in [0.29, 0.717) is 50.9 Å². The summed E-state index contributed by atoms with van der Waals surface area (Å²) >= 11 is 0.